The van der Waals surface area contributed by atoms with E-state index in [0.717, 1.165) is 11.1 Å². The zero-order chi connectivity index (χ0) is 27.0. The topological polar surface area (TPSA) is 89.3 Å². The number of nitrogens with one attached hydrogen (secondary N) is 1. The molecular weight excluding hydrogens is 495 g/mol. The smallest absolute Gasteiger partial charge is 0.369 e. The molecule has 2 amide bonds. The van der Waals surface area contributed by atoms with Gasteiger partial charge in [-0.25, -0.2) is 8.78 Å². The summed E-state index contributed by atoms with van der Waals surface area (Å²) in [6.07, 6.45) is -8.00. The van der Waals surface area contributed by atoms with Crippen LogP contribution >= 0.6 is 0 Å². The number of halogens is 5. The third-order valence-electron chi connectivity index (χ3n) is 7.24. The molecule has 0 aliphatic heterocycles. The first-order chi connectivity index (χ1) is 17.3. The van der Waals surface area contributed by atoms with Crippen molar-refractivity contribution < 1.29 is 36.3 Å². The Morgan fingerprint density at radius 3 is 2.24 bits per heavy atom. The first kappa shape index (κ1) is 26.8. The number of Topliss-reactive ketones (excluding diaryl/α,β-unsaturated/α-hetero) is 1. The first-order valence-electron chi connectivity index (χ1n) is 12.1. The van der Waals surface area contributed by atoms with Gasteiger partial charge in [0.15, 0.2) is 5.78 Å². The molecule has 3 atom stereocenters. The average Bonchev–Trinajstić information content (AvgIpc) is 2.91. The van der Waals surface area contributed by atoms with Crippen molar-refractivity contribution >= 4 is 17.6 Å². The fourth-order valence-corrected chi connectivity index (χ4v) is 5.43. The van der Waals surface area contributed by atoms with Gasteiger partial charge in [0.25, 0.3) is 0 Å². The van der Waals surface area contributed by atoms with E-state index in [0.29, 0.717) is 11.1 Å². The Morgan fingerprint density at radius 2 is 1.62 bits per heavy atom. The quantitative estimate of drug-likeness (QED) is 0.471. The molecule has 3 N–H and O–H groups in total. The number of carbonyl (C=O) groups excluding carboxylic acids is 3. The summed E-state index contributed by atoms with van der Waals surface area (Å²) in [5.41, 5.74) is 8.20. The number of carbonyl (C=O) groups is 3. The van der Waals surface area contributed by atoms with E-state index in [1.165, 1.54) is 0 Å². The van der Waals surface area contributed by atoms with Crippen molar-refractivity contribution in [3.63, 3.8) is 0 Å². The number of nitrogens with two attached hydrogens (primary N) is 1. The van der Waals surface area contributed by atoms with Crippen molar-refractivity contribution in [2.45, 2.75) is 56.7 Å². The highest BCUT2D eigenvalue weighted by Crippen LogP contribution is 2.46. The number of ketones is 1. The molecule has 2 aromatic carbocycles. The van der Waals surface area contributed by atoms with Gasteiger partial charge in [0.2, 0.25) is 17.7 Å². The molecule has 198 valence electrons. The van der Waals surface area contributed by atoms with Crippen molar-refractivity contribution in [1.82, 2.24) is 5.32 Å². The fourth-order valence-electron chi connectivity index (χ4n) is 5.43. The molecule has 0 radical (unpaired) electrons. The predicted octanol–water partition coefficient (Wildman–Crippen LogP) is 5.13. The molecule has 0 heterocycles. The number of alkyl halides is 5. The van der Waals surface area contributed by atoms with E-state index in [-0.39, 0.29) is 18.6 Å². The van der Waals surface area contributed by atoms with Crippen LogP contribution in [0.3, 0.4) is 0 Å². The van der Waals surface area contributed by atoms with E-state index in [1.807, 2.05) is 12.1 Å². The molecule has 10 heteroatoms. The van der Waals surface area contributed by atoms with Crippen molar-refractivity contribution in [3.8, 4) is 11.1 Å². The third-order valence-corrected chi connectivity index (χ3v) is 7.24. The fraction of sp³-hybridized carbons (Fsp3) is 0.444. The molecule has 0 saturated heterocycles. The summed E-state index contributed by atoms with van der Waals surface area (Å²) in [6, 6.07) is 13.0. The number of hydrogen-bond acceptors (Lipinski definition) is 3. The predicted molar refractivity (Wildman–Crippen MR) is 125 cm³/mol. The van der Waals surface area contributed by atoms with Gasteiger partial charge in [-0.2, -0.15) is 13.2 Å². The summed E-state index contributed by atoms with van der Waals surface area (Å²) in [6.45, 7) is 0. The van der Waals surface area contributed by atoms with E-state index in [4.69, 9.17) is 5.73 Å². The summed E-state index contributed by atoms with van der Waals surface area (Å²) in [7, 11) is 0. The Balaban J connectivity index is 1.63. The number of rotatable bonds is 8. The summed E-state index contributed by atoms with van der Waals surface area (Å²) in [5, 5.41) is 2.59. The molecule has 4 rings (SSSR count). The van der Waals surface area contributed by atoms with Crippen LogP contribution in [0.5, 0.6) is 0 Å². The van der Waals surface area contributed by atoms with Crippen LogP contribution in [-0.2, 0) is 20.8 Å². The minimum Gasteiger partial charge on any atom is -0.369 e. The second kappa shape index (κ2) is 10.2. The highest BCUT2D eigenvalue weighted by Gasteiger charge is 2.48. The zero-order valence-corrected chi connectivity index (χ0v) is 19.9. The van der Waals surface area contributed by atoms with Crippen molar-refractivity contribution in [2.24, 2.45) is 23.5 Å². The standard InChI is InChI=1S/C27H27F5N2O3/c28-26(29)13-15(14-26)11-21(24(33)36)20(9-10-27(30,31)32)25(37)34-23-19-8-4-3-7-18(19)17-6-2-1-5-16(17)12-22(23)35/h1-8,15,20-21,23H,9-14H2,(H2,33,36)(H,34,37)/t20-,21+,23+/m1/s1. The van der Waals surface area contributed by atoms with Gasteiger partial charge in [0, 0.05) is 37.5 Å². The second-order valence-corrected chi connectivity index (χ2v) is 9.96. The van der Waals surface area contributed by atoms with E-state index < -0.39 is 73.4 Å². The van der Waals surface area contributed by atoms with E-state index in [9.17, 15) is 36.3 Å². The lowest BCUT2D eigenvalue weighted by molar-refractivity contribution is -0.149. The maximum Gasteiger partial charge on any atom is 0.389 e. The molecule has 2 aliphatic carbocycles. The van der Waals surface area contributed by atoms with E-state index in [2.05, 4.69) is 5.32 Å². The molecule has 0 unspecified atom stereocenters. The third kappa shape index (κ3) is 6.17. The molecule has 5 nitrogen and oxygen atoms in total. The van der Waals surface area contributed by atoms with Crippen LogP contribution in [0.1, 0.15) is 49.3 Å². The molecule has 1 fully saturated rings. The Hall–Kier alpha value is -3.30. The van der Waals surface area contributed by atoms with Crippen LogP contribution in [0, 0.1) is 17.8 Å². The lowest BCUT2D eigenvalue weighted by Gasteiger charge is -2.38. The molecule has 0 aromatic heterocycles. The second-order valence-electron chi connectivity index (χ2n) is 9.96. The molecule has 0 bridgehead atoms. The van der Waals surface area contributed by atoms with E-state index in [1.54, 1.807) is 36.4 Å². The lowest BCUT2D eigenvalue weighted by Crippen LogP contribution is -2.46. The molecule has 2 aromatic rings. The molecule has 2 aliphatic rings. The number of benzene rings is 2. The summed E-state index contributed by atoms with van der Waals surface area (Å²) in [4.78, 5) is 39.0. The zero-order valence-electron chi connectivity index (χ0n) is 19.9. The van der Waals surface area contributed by atoms with Gasteiger partial charge < -0.3 is 11.1 Å². The minimum absolute atomic E-state index is 0.0145. The monoisotopic (exact) mass is 522 g/mol. The summed E-state index contributed by atoms with van der Waals surface area (Å²) in [5.74, 6) is -8.77. The Morgan fingerprint density at radius 1 is 1.00 bits per heavy atom. The number of hydrogen-bond donors (Lipinski definition) is 2. The largest absolute Gasteiger partial charge is 0.389 e. The van der Waals surface area contributed by atoms with E-state index >= 15 is 0 Å². The van der Waals surface area contributed by atoms with Gasteiger partial charge in [-0.1, -0.05) is 48.5 Å². The Labute approximate surface area is 210 Å². The van der Waals surface area contributed by atoms with Gasteiger partial charge in [-0.05, 0) is 41.0 Å². The van der Waals surface area contributed by atoms with Crippen LogP contribution in [0.4, 0.5) is 22.0 Å². The van der Waals surface area contributed by atoms with Crippen LogP contribution in [0.2, 0.25) is 0 Å². The van der Waals surface area contributed by atoms with Crippen LogP contribution in [0.25, 0.3) is 11.1 Å². The first-order valence-corrected chi connectivity index (χ1v) is 12.1. The molecule has 1 saturated carbocycles. The maximum absolute atomic E-state index is 13.4. The summed E-state index contributed by atoms with van der Waals surface area (Å²) < 4.78 is 66.1. The molecule has 0 spiro atoms. The van der Waals surface area contributed by atoms with Gasteiger partial charge in [0.05, 0.1) is 0 Å². The van der Waals surface area contributed by atoms with Gasteiger partial charge in [0.1, 0.15) is 6.04 Å². The lowest BCUT2D eigenvalue weighted by atomic mass is 9.72. The number of primary amides is 1. The summed E-state index contributed by atoms with van der Waals surface area (Å²) >= 11 is 0. The van der Waals surface area contributed by atoms with Gasteiger partial charge >= 0.3 is 6.18 Å². The SMILES string of the molecule is NC(=O)[C@@H](CC1CC(F)(F)C1)[C@@H](CCC(F)(F)F)C(=O)N[C@@H]1C(=O)Cc2ccccc2-c2ccccc21. The normalized spacial score (nSPS) is 20.6. The molecular formula is C27H27F5N2O3. The van der Waals surface area contributed by atoms with Gasteiger partial charge in [-0.15, -0.1) is 0 Å². The maximum atomic E-state index is 13.4. The number of fused-ring (bicyclic) bond motifs is 3. The highest BCUT2D eigenvalue weighted by molar-refractivity contribution is 5.97. The Bertz CT molecular complexity index is 1190. The van der Waals surface area contributed by atoms with Crippen LogP contribution < -0.4 is 11.1 Å². The van der Waals surface area contributed by atoms with Crippen LogP contribution in [0.15, 0.2) is 48.5 Å². The van der Waals surface area contributed by atoms with Gasteiger partial charge in [-0.3, -0.25) is 14.4 Å². The highest BCUT2D eigenvalue weighted by atomic mass is 19.4. The van der Waals surface area contributed by atoms with Crippen molar-refractivity contribution in [1.29, 1.82) is 0 Å². The Kier molecular flexibility index (Phi) is 7.39. The number of amides is 2. The van der Waals surface area contributed by atoms with Crippen LogP contribution in [-0.4, -0.2) is 29.7 Å². The molecule has 37 heavy (non-hydrogen) atoms. The van der Waals surface area contributed by atoms with Crippen molar-refractivity contribution in [3.05, 3.63) is 59.7 Å². The van der Waals surface area contributed by atoms with Crippen molar-refractivity contribution in [2.75, 3.05) is 0 Å². The minimum atomic E-state index is -4.61. The average molecular weight is 523 g/mol.